The first-order chi connectivity index (χ1) is 10.4. The average molecular weight is 288 g/mol. The molecule has 1 heterocycles. The van der Waals surface area contributed by atoms with E-state index in [1.54, 1.807) is 0 Å². The highest BCUT2D eigenvalue weighted by molar-refractivity contribution is 5.74. The summed E-state index contributed by atoms with van der Waals surface area (Å²) in [5.41, 5.74) is 2.18. The molecule has 0 aliphatic rings. The third-order valence-corrected chi connectivity index (χ3v) is 3.90. The number of para-hydroxylation sites is 2. The second kappa shape index (κ2) is 9.56. The maximum absolute atomic E-state index is 5.75. The minimum Gasteiger partial charge on any atom is -0.361 e. The highest BCUT2D eigenvalue weighted by Crippen LogP contribution is 2.12. The maximum atomic E-state index is 5.75. The molecule has 0 spiro atoms. The van der Waals surface area contributed by atoms with E-state index >= 15 is 0 Å². The number of benzene rings is 1. The summed E-state index contributed by atoms with van der Waals surface area (Å²) < 4.78 is 7.82. The van der Waals surface area contributed by atoms with Gasteiger partial charge in [0, 0.05) is 6.61 Å². The summed E-state index contributed by atoms with van der Waals surface area (Å²) in [5.74, 6) is 0. The van der Waals surface area contributed by atoms with Gasteiger partial charge in [-0.1, -0.05) is 64.0 Å². The van der Waals surface area contributed by atoms with Crippen molar-refractivity contribution in [3.8, 4) is 0 Å². The molecule has 21 heavy (non-hydrogen) atoms. The molecule has 1 aromatic carbocycles. The first-order valence-corrected chi connectivity index (χ1v) is 8.39. The Morgan fingerprint density at radius 2 is 1.67 bits per heavy atom. The molecular weight excluding hydrogens is 260 g/mol. The van der Waals surface area contributed by atoms with Crippen LogP contribution in [0.5, 0.6) is 0 Å². The Kier molecular flexibility index (Phi) is 7.30. The van der Waals surface area contributed by atoms with Crippen LogP contribution in [0.4, 0.5) is 0 Å². The van der Waals surface area contributed by atoms with Crippen molar-refractivity contribution in [3.05, 3.63) is 30.6 Å². The van der Waals surface area contributed by atoms with Crippen molar-refractivity contribution in [2.75, 3.05) is 6.61 Å². The minimum absolute atomic E-state index is 0.608. The average Bonchev–Trinajstić information content (AvgIpc) is 2.92. The molecule has 2 rings (SSSR count). The lowest BCUT2D eigenvalue weighted by molar-refractivity contribution is 0.0763. The fourth-order valence-corrected chi connectivity index (χ4v) is 2.61. The Morgan fingerprint density at radius 3 is 2.48 bits per heavy atom. The third-order valence-electron chi connectivity index (χ3n) is 3.90. The number of rotatable bonds is 11. The molecule has 1 aromatic heterocycles. The highest BCUT2D eigenvalue weighted by Gasteiger charge is 2.00. The van der Waals surface area contributed by atoms with E-state index in [0.717, 1.165) is 17.6 Å². The van der Waals surface area contributed by atoms with Crippen LogP contribution in [-0.4, -0.2) is 16.2 Å². The molecule has 116 valence electrons. The smallest absolute Gasteiger partial charge is 0.124 e. The van der Waals surface area contributed by atoms with Crippen molar-refractivity contribution >= 4 is 11.0 Å². The van der Waals surface area contributed by atoms with E-state index in [4.69, 9.17) is 4.74 Å². The van der Waals surface area contributed by atoms with Crippen molar-refractivity contribution in [2.24, 2.45) is 0 Å². The van der Waals surface area contributed by atoms with Crippen LogP contribution < -0.4 is 0 Å². The molecule has 0 saturated carbocycles. The van der Waals surface area contributed by atoms with E-state index in [9.17, 15) is 0 Å². The van der Waals surface area contributed by atoms with Gasteiger partial charge in [0.15, 0.2) is 0 Å². The second-order valence-electron chi connectivity index (χ2n) is 5.72. The Balaban J connectivity index is 1.52. The van der Waals surface area contributed by atoms with Crippen LogP contribution in [0.3, 0.4) is 0 Å². The summed E-state index contributed by atoms with van der Waals surface area (Å²) in [5, 5.41) is 0. The predicted octanol–water partition coefficient (Wildman–Crippen LogP) is 5.15. The number of aromatic nitrogens is 2. The van der Waals surface area contributed by atoms with Crippen LogP contribution in [0.1, 0.15) is 58.3 Å². The van der Waals surface area contributed by atoms with Gasteiger partial charge in [0.25, 0.3) is 0 Å². The van der Waals surface area contributed by atoms with Gasteiger partial charge >= 0.3 is 0 Å². The molecule has 0 amide bonds. The topological polar surface area (TPSA) is 27.1 Å². The Hall–Kier alpha value is -1.35. The molecule has 2 aromatic rings. The number of hydrogen-bond donors (Lipinski definition) is 0. The zero-order chi connectivity index (χ0) is 14.8. The Bertz CT molecular complexity index is 507. The van der Waals surface area contributed by atoms with Gasteiger partial charge in [-0.2, -0.15) is 0 Å². The first-order valence-electron chi connectivity index (χ1n) is 8.39. The largest absolute Gasteiger partial charge is 0.361 e. The van der Waals surface area contributed by atoms with Crippen LogP contribution >= 0.6 is 0 Å². The summed E-state index contributed by atoms with van der Waals surface area (Å²) in [6.45, 7) is 3.72. The van der Waals surface area contributed by atoms with Crippen LogP contribution in [0.15, 0.2) is 30.6 Å². The standard InChI is InChI=1S/C18H28N2O/c1-2-3-4-5-6-7-8-11-14-21-16-20-15-19-17-12-9-10-13-18(17)20/h9-10,12-13,15H,2-8,11,14,16H2,1H3. The van der Waals surface area contributed by atoms with Crippen molar-refractivity contribution in [1.82, 2.24) is 9.55 Å². The molecule has 0 saturated heterocycles. The zero-order valence-corrected chi connectivity index (χ0v) is 13.3. The van der Waals surface area contributed by atoms with Gasteiger partial charge < -0.3 is 9.30 Å². The molecule has 3 heteroatoms. The van der Waals surface area contributed by atoms with Crippen molar-refractivity contribution in [2.45, 2.75) is 65.0 Å². The molecular formula is C18H28N2O. The van der Waals surface area contributed by atoms with E-state index in [1.165, 1.54) is 51.4 Å². The van der Waals surface area contributed by atoms with Gasteiger partial charge in [-0.3, -0.25) is 0 Å². The molecule has 0 radical (unpaired) electrons. The summed E-state index contributed by atoms with van der Waals surface area (Å²) in [6, 6.07) is 8.17. The van der Waals surface area contributed by atoms with E-state index < -0.39 is 0 Å². The summed E-state index contributed by atoms with van der Waals surface area (Å²) in [4.78, 5) is 4.37. The van der Waals surface area contributed by atoms with Gasteiger partial charge in [-0.05, 0) is 18.6 Å². The Labute approximate surface area is 128 Å². The van der Waals surface area contributed by atoms with Crippen LogP contribution in [-0.2, 0) is 11.5 Å². The van der Waals surface area contributed by atoms with E-state index in [1.807, 2.05) is 24.5 Å². The molecule has 0 fully saturated rings. The summed E-state index contributed by atoms with van der Waals surface area (Å²) in [6.07, 6.45) is 12.6. The molecule has 0 aliphatic carbocycles. The van der Waals surface area contributed by atoms with Crippen molar-refractivity contribution in [3.63, 3.8) is 0 Å². The van der Waals surface area contributed by atoms with Crippen LogP contribution in [0, 0.1) is 0 Å². The predicted molar refractivity (Wildman–Crippen MR) is 88.3 cm³/mol. The maximum Gasteiger partial charge on any atom is 0.124 e. The lowest BCUT2D eigenvalue weighted by atomic mass is 10.1. The molecule has 0 aliphatic heterocycles. The quantitative estimate of drug-likeness (QED) is 0.535. The molecule has 3 nitrogen and oxygen atoms in total. The molecule has 0 atom stereocenters. The number of unbranched alkanes of at least 4 members (excludes halogenated alkanes) is 7. The highest BCUT2D eigenvalue weighted by atomic mass is 16.5. The van der Waals surface area contributed by atoms with E-state index in [0.29, 0.717) is 6.73 Å². The van der Waals surface area contributed by atoms with Crippen molar-refractivity contribution < 1.29 is 4.74 Å². The van der Waals surface area contributed by atoms with Crippen LogP contribution in [0.25, 0.3) is 11.0 Å². The van der Waals surface area contributed by atoms with Crippen LogP contribution in [0.2, 0.25) is 0 Å². The summed E-state index contributed by atoms with van der Waals surface area (Å²) in [7, 11) is 0. The number of ether oxygens (including phenoxy) is 1. The van der Waals surface area contributed by atoms with Gasteiger partial charge in [0.2, 0.25) is 0 Å². The normalized spacial score (nSPS) is 11.3. The summed E-state index contributed by atoms with van der Waals surface area (Å²) >= 11 is 0. The number of hydrogen-bond acceptors (Lipinski definition) is 2. The first kappa shape index (κ1) is 16.0. The fourth-order valence-electron chi connectivity index (χ4n) is 2.61. The zero-order valence-electron chi connectivity index (χ0n) is 13.3. The SMILES string of the molecule is CCCCCCCCCCOCn1cnc2ccccc21. The molecule has 0 N–H and O–H groups in total. The van der Waals surface area contributed by atoms with E-state index in [-0.39, 0.29) is 0 Å². The third kappa shape index (κ3) is 5.50. The van der Waals surface area contributed by atoms with Gasteiger partial charge in [0.1, 0.15) is 6.73 Å². The lowest BCUT2D eigenvalue weighted by Crippen LogP contribution is -2.02. The van der Waals surface area contributed by atoms with Crippen molar-refractivity contribution in [1.29, 1.82) is 0 Å². The van der Waals surface area contributed by atoms with Gasteiger partial charge in [0.05, 0.1) is 17.4 Å². The second-order valence-corrected chi connectivity index (χ2v) is 5.72. The van der Waals surface area contributed by atoms with Gasteiger partial charge in [-0.15, -0.1) is 0 Å². The Morgan fingerprint density at radius 1 is 0.952 bits per heavy atom. The molecule has 0 unspecified atom stereocenters. The van der Waals surface area contributed by atoms with Gasteiger partial charge in [-0.25, -0.2) is 4.98 Å². The minimum atomic E-state index is 0.608. The fraction of sp³-hybridized carbons (Fsp3) is 0.611. The van der Waals surface area contributed by atoms with E-state index in [2.05, 4.69) is 22.5 Å². The molecule has 0 bridgehead atoms. The lowest BCUT2D eigenvalue weighted by Gasteiger charge is -2.06. The monoisotopic (exact) mass is 288 g/mol. The number of fused-ring (bicyclic) bond motifs is 1. The number of nitrogens with zero attached hydrogens (tertiary/aromatic N) is 2. The number of imidazole rings is 1.